The maximum Gasteiger partial charge on any atom is 0.334 e. The SMILES string of the molecule is COC(=O)/C=C(/C)[O]. The first-order valence-electron chi connectivity index (χ1n) is 2.10. The second kappa shape index (κ2) is 3.07. The van der Waals surface area contributed by atoms with Crippen molar-refractivity contribution in [3.8, 4) is 0 Å². The van der Waals surface area contributed by atoms with E-state index in [0.29, 0.717) is 0 Å². The minimum atomic E-state index is -0.600. The highest BCUT2D eigenvalue weighted by molar-refractivity contribution is 5.82. The minimum absolute atomic E-state index is 0.295. The summed E-state index contributed by atoms with van der Waals surface area (Å²) in [5.74, 6) is -0.894. The molecule has 0 bridgehead atoms. The summed E-state index contributed by atoms with van der Waals surface area (Å²) in [4.78, 5) is 10.1. The van der Waals surface area contributed by atoms with E-state index in [1.165, 1.54) is 14.0 Å². The molecule has 3 nitrogen and oxygen atoms in total. The molecule has 0 aliphatic rings. The molecule has 0 N–H and O–H groups in total. The molecule has 0 spiro atoms. The molecule has 0 atom stereocenters. The second-order valence-corrected chi connectivity index (χ2v) is 1.28. The number of carbonyl (C=O) groups is 1. The molecule has 0 saturated heterocycles. The van der Waals surface area contributed by atoms with Gasteiger partial charge in [-0.3, -0.25) is 5.11 Å². The van der Waals surface area contributed by atoms with Gasteiger partial charge >= 0.3 is 5.97 Å². The molecule has 3 heteroatoms. The molecular weight excluding hydrogens is 108 g/mol. The Labute approximate surface area is 47.6 Å². The van der Waals surface area contributed by atoms with Crippen molar-refractivity contribution in [2.45, 2.75) is 6.92 Å². The summed E-state index contributed by atoms with van der Waals surface area (Å²) in [5, 5.41) is 10.1. The Bertz CT molecular complexity index is 111. The zero-order chi connectivity index (χ0) is 6.57. The van der Waals surface area contributed by atoms with Gasteiger partial charge in [0.25, 0.3) is 0 Å². The van der Waals surface area contributed by atoms with E-state index < -0.39 is 5.97 Å². The maximum absolute atomic E-state index is 10.1. The van der Waals surface area contributed by atoms with Gasteiger partial charge in [-0.2, -0.15) is 0 Å². The Hall–Kier alpha value is -0.990. The van der Waals surface area contributed by atoms with Crippen LogP contribution in [-0.4, -0.2) is 13.1 Å². The molecule has 1 radical (unpaired) electrons. The molecule has 0 heterocycles. The quantitative estimate of drug-likeness (QED) is 0.283. The number of ether oxygens (including phenoxy) is 1. The fourth-order valence-corrected chi connectivity index (χ4v) is 0.225. The number of esters is 1. The molecule has 0 rings (SSSR count). The average Bonchev–Trinajstić information content (AvgIpc) is 1.65. The standard InChI is InChI=1S/C5H7O3/c1-4(6)3-5(7)8-2/h3H,1-2H3/b4-3-. The van der Waals surface area contributed by atoms with E-state index in [1.807, 2.05) is 0 Å². The van der Waals surface area contributed by atoms with Crippen molar-refractivity contribution in [1.29, 1.82) is 0 Å². The van der Waals surface area contributed by atoms with Gasteiger partial charge in [0.1, 0.15) is 0 Å². The molecule has 0 saturated carbocycles. The predicted octanol–water partition coefficient (Wildman–Crippen LogP) is 0.494. The minimum Gasteiger partial charge on any atom is -0.466 e. The van der Waals surface area contributed by atoms with Crippen molar-refractivity contribution >= 4 is 5.97 Å². The van der Waals surface area contributed by atoms with Gasteiger partial charge in [0.2, 0.25) is 0 Å². The van der Waals surface area contributed by atoms with Crippen LogP contribution in [0, 0.1) is 0 Å². The van der Waals surface area contributed by atoms with Crippen molar-refractivity contribution in [3.05, 3.63) is 11.8 Å². The van der Waals surface area contributed by atoms with Crippen LogP contribution < -0.4 is 0 Å². The third-order valence-corrected chi connectivity index (χ3v) is 0.522. The number of allylic oxidation sites excluding steroid dienone is 1. The van der Waals surface area contributed by atoms with Crippen molar-refractivity contribution in [2.24, 2.45) is 0 Å². The van der Waals surface area contributed by atoms with E-state index in [4.69, 9.17) is 0 Å². The molecule has 45 valence electrons. The molecule has 0 unspecified atom stereocenters. The normalized spacial score (nSPS) is 11.0. The summed E-state index contributed by atoms with van der Waals surface area (Å²) in [6, 6.07) is 0. The fourth-order valence-electron chi connectivity index (χ4n) is 0.225. The largest absolute Gasteiger partial charge is 0.466 e. The third kappa shape index (κ3) is 3.21. The summed E-state index contributed by atoms with van der Waals surface area (Å²) in [7, 11) is 1.22. The summed E-state index contributed by atoms with van der Waals surface area (Å²) < 4.78 is 4.15. The fraction of sp³-hybridized carbons (Fsp3) is 0.400. The lowest BCUT2D eigenvalue weighted by Gasteiger charge is -1.86. The molecule has 0 amide bonds. The Morgan fingerprint density at radius 1 is 1.62 bits per heavy atom. The number of hydrogen-bond donors (Lipinski definition) is 0. The number of rotatable bonds is 1. The van der Waals surface area contributed by atoms with Crippen molar-refractivity contribution in [3.63, 3.8) is 0 Å². The summed E-state index contributed by atoms with van der Waals surface area (Å²) >= 11 is 0. The third-order valence-electron chi connectivity index (χ3n) is 0.522. The zero-order valence-electron chi connectivity index (χ0n) is 4.80. The van der Waals surface area contributed by atoms with Gasteiger partial charge in [-0.25, -0.2) is 4.79 Å². The lowest BCUT2D eigenvalue weighted by Crippen LogP contribution is -1.94. The summed E-state index contributed by atoms with van der Waals surface area (Å²) in [5.41, 5.74) is 0. The van der Waals surface area contributed by atoms with Crippen LogP contribution in [0.5, 0.6) is 0 Å². The van der Waals surface area contributed by atoms with Gasteiger partial charge in [-0.05, 0) is 6.92 Å². The van der Waals surface area contributed by atoms with Gasteiger partial charge in [0.05, 0.1) is 13.2 Å². The second-order valence-electron chi connectivity index (χ2n) is 1.28. The van der Waals surface area contributed by atoms with Gasteiger partial charge < -0.3 is 4.74 Å². The van der Waals surface area contributed by atoms with Crippen LogP contribution >= 0.6 is 0 Å². The lowest BCUT2D eigenvalue weighted by atomic mass is 10.5. The number of carbonyl (C=O) groups excluding carboxylic acids is 1. The van der Waals surface area contributed by atoms with Crippen LogP contribution in [0.4, 0.5) is 0 Å². The van der Waals surface area contributed by atoms with Crippen LogP contribution in [0.2, 0.25) is 0 Å². The first kappa shape index (κ1) is 7.01. The Morgan fingerprint density at radius 2 is 2.12 bits per heavy atom. The van der Waals surface area contributed by atoms with Crippen LogP contribution in [0.15, 0.2) is 11.8 Å². The average molecular weight is 115 g/mol. The first-order valence-corrected chi connectivity index (χ1v) is 2.10. The van der Waals surface area contributed by atoms with E-state index >= 15 is 0 Å². The van der Waals surface area contributed by atoms with Crippen LogP contribution in [0.3, 0.4) is 0 Å². The van der Waals surface area contributed by atoms with E-state index in [0.717, 1.165) is 6.08 Å². The van der Waals surface area contributed by atoms with Crippen molar-refractivity contribution < 1.29 is 14.6 Å². The van der Waals surface area contributed by atoms with E-state index in [1.54, 1.807) is 0 Å². The molecule has 0 fully saturated rings. The summed E-state index contributed by atoms with van der Waals surface area (Å²) in [6.45, 7) is 1.29. The van der Waals surface area contributed by atoms with Crippen LogP contribution in [0.1, 0.15) is 6.92 Å². The first-order chi connectivity index (χ1) is 3.66. The Balaban J connectivity index is 3.70. The van der Waals surface area contributed by atoms with Gasteiger partial charge in [0.15, 0.2) is 5.76 Å². The smallest absolute Gasteiger partial charge is 0.334 e. The molecule has 0 aromatic carbocycles. The predicted molar refractivity (Wildman–Crippen MR) is 26.5 cm³/mol. The zero-order valence-corrected chi connectivity index (χ0v) is 4.80. The van der Waals surface area contributed by atoms with Gasteiger partial charge in [-0.15, -0.1) is 0 Å². The molecular formula is C5H7O3. The Morgan fingerprint density at radius 3 is 2.25 bits per heavy atom. The highest BCUT2D eigenvalue weighted by Gasteiger charge is 1.93. The monoisotopic (exact) mass is 115 g/mol. The Kier molecular flexibility index (Phi) is 2.69. The van der Waals surface area contributed by atoms with E-state index in [2.05, 4.69) is 4.74 Å². The number of methoxy groups -OCH3 is 1. The molecule has 0 aliphatic carbocycles. The van der Waals surface area contributed by atoms with E-state index in [-0.39, 0.29) is 5.76 Å². The van der Waals surface area contributed by atoms with Crippen molar-refractivity contribution in [1.82, 2.24) is 0 Å². The van der Waals surface area contributed by atoms with E-state index in [9.17, 15) is 9.90 Å². The van der Waals surface area contributed by atoms with Crippen LogP contribution in [-0.2, 0) is 14.6 Å². The molecule has 0 aliphatic heterocycles. The van der Waals surface area contributed by atoms with Crippen molar-refractivity contribution in [2.75, 3.05) is 7.11 Å². The van der Waals surface area contributed by atoms with Crippen LogP contribution in [0.25, 0.3) is 0 Å². The molecule has 0 aromatic rings. The maximum atomic E-state index is 10.1. The van der Waals surface area contributed by atoms with Gasteiger partial charge in [-0.1, -0.05) is 0 Å². The highest BCUT2D eigenvalue weighted by Crippen LogP contribution is 1.85. The number of hydrogen-bond acceptors (Lipinski definition) is 2. The highest BCUT2D eigenvalue weighted by atomic mass is 16.5. The molecule has 8 heavy (non-hydrogen) atoms. The molecule has 0 aromatic heterocycles. The van der Waals surface area contributed by atoms with Gasteiger partial charge in [0, 0.05) is 0 Å². The topological polar surface area (TPSA) is 46.2 Å². The summed E-state index contributed by atoms with van der Waals surface area (Å²) in [6.07, 6.45) is 0.889. The lowest BCUT2D eigenvalue weighted by molar-refractivity contribution is -0.135.